The van der Waals surface area contributed by atoms with Crippen molar-refractivity contribution in [2.75, 3.05) is 0 Å². The summed E-state index contributed by atoms with van der Waals surface area (Å²) in [7, 11) is 0. The average Bonchev–Trinajstić information content (AvgIpc) is 2.41. The van der Waals surface area contributed by atoms with Gasteiger partial charge in [-0.25, -0.2) is 4.39 Å². The predicted molar refractivity (Wildman–Crippen MR) is 71.7 cm³/mol. The lowest BCUT2D eigenvalue weighted by atomic mass is 9.78. The van der Waals surface area contributed by atoms with Gasteiger partial charge in [0.1, 0.15) is 12.1 Å². The zero-order valence-corrected chi connectivity index (χ0v) is 10.8. The van der Waals surface area contributed by atoms with Crippen molar-refractivity contribution in [3.05, 3.63) is 35.6 Å². The molecule has 0 fully saturated rings. The Hall–Kier alpha value is -1.51. The van der Waals surface area contributed by atoms with Crippen molar-refractivity contribution in [2.45, 2.75) is 44.4 Å². The van der Waals surface area contributed by atoms with Gasteiger partial charge in [-0.2, -0.15) is 0 Å². The van der Waals surface area contributed by atoms with E-state index in [0.29, 0.717) is 12.0 Å². The van der Waals surface area contributed by atoms with E-state index in [1.807, 2.05) is 0 Å². The normalized spacial score (nSPS) is 13.9. The van der Waals surface area contributed by atoms with Crippen molar-refractivity contribution in [1.29, 1.82) is 5.41 Å². The van der Waals surface area contributed by atoms with E-state index in [-0.39, 0.29) is 5.82 Å². The van der Waals surface area contributed by atoms with Gasteiger partial charge in [0.15, 0.2) is 0 Å². The van der Waals surface area contributed by atoms with Crippen molar-refractivity contribution in [3.63, 3.8) is 0 Å². The van der Waals surface area contributed by atoms with Gasteiger partial charge >= 0.3 is 0 Å². The van der Waals surface area contributed by atoms with Crippen LogP contribution in [-0.2, 0) is 10.2 Å². The molecule has 0 heterocycles. The van der Waals surface area contributed by atoms with Gasteiger partial charge in [0.25, 0.3) is 0 Å². The molecule has 0 saturated heterocycles. The van der Waals surface area contributed by atoms with E-state index in [0.717, 1.165) is 32.0 Å². The monoisotopic (exact) mass is 249 g/mol. The molecule has 98 valence electrons. The first kappa shape index (κ1) is 14.6. The second-order valence-electron chi connectivity index (χ2n) is 4.62. The number of benzene rings is 1. The highest BCUT2D eigenvalue weighted by Crippen LogP contribution is 2.27. The Kier molecular flexibility index (Phi) is 5.69. The van der Waals surface area contributed by atoms with E-state index in [9.17, 15) is 9.18 Å². The summed E-state index contributed by atoms with van der Waals surface area (Å²) in [6.07, 6.45) is 6.83. The Morgan fingerprint density at radius 3 is 2.39 bits per heavy atom. The van der Waals surface area contributed by atoms with Gasteiger partial charge in [0.05, 0.1) is 5.41 Å². The van der Waals surface area contributed by atoms with Crippen LogP contribution in [0.25, 0.3) is 0 Å². The van der Waals surface area contributed by atoms with Gasteiger partial charge in [-0.15, -0.1) is 0 Å². The van der Waals surface area contributed by atoms with Gasteiger partial charge < -0.3 is 10.2 Å². The van der Waals surface area contributed by atoms with Gasteiger partial charge in [0.2, 0.25) is 0 Å². The molecular weight excluding hydrogens is 229 g/mol. The van der Waals surface area contributed by atoms with E-state index in [4.69, 9.17) is 5.41 Å². The third-order valence-electron chi connectivity index (χ3n) is 3.29. The Morgan fingerprint density at radius 1 is 1.22 bits per heavy atom. The van der Waals surface area contributed by atoms with Crippen molar-refractivity contribution in [3.8, 4) is 0 Å². The second-order valence-corrected chi connectivity index (χ2v) is 4.62. The standard InChI is InChI=1S/C15H20FNO/c1-2-3-4-5-10-15(11-17,12-18)13-6-8-14(16)9-7-13/h6-9,11-12,17H,2-5,10H2,1H3. The minimum atomic E-state index is -0.887. The lowest BCUT2D eigenvalue weighted by molar-refractivity contribution is -0.110. The fraction of sp³-hybridized carbons (Fsp3) is 0.467. The first-order valence-electron chi connectivity index (χ1n) is 6.42. The van der Waals surface area contributed by atoms with E-state index in [2.05, 4.69) is 6.92 Å². The molecule has 0 spiro atoms. The lowest BCUT2D eigenvalue weighted by Gasteiger charge is -2.23. The maximum Gasteiger partial charge on any atom is 0.135 e. The molecule has 2 nitrogen and oxygen atoms in total. The van der Waals surface area contributed by atoms with Crippen molar-refractivity contribution in [1.82, 2.24) is 0 Å². The zero-order valence-electron chi connectivity index (χ0n) is 10.8. The molecule has 1 rings (SSSR count). The molecule has 1 N–H and O–H groups in total. The molecule has 1 aromatic rings. The largest absolute Gasteiger partial charge is 0.312 e. The summed E-state index contributed by atoms with van der Waals surface area (Å²) in [5, 5.41) is 7.53. The SMILES string of the molecule is CCCCCCC(C=N)(C=O)c1ccc(F)cc1. The third kappa shape index (κ3) is 3.49. The highest BCUT2D eigenvalue weighted by molar-refractivity contribution is 5.92. The first-order chi connectivity index (χ1) is 8.68. The second kappa shape index (κ2) is 7.04. The molecule has 18 heavy (non-hydrogen) atoms. The van der Waals surface area contributed by atoms with Crippen molar-refractivity contribution < 1.29 is 9.18 Å². The molecule has 0 bridgehead atoms. The quantitative estimate of drug-likeness (QED) is 0.424. The molecule has 0 amide bonds. The highest BCUT2D eigenvalue weighted by atomic mass is 19.1. The number of unbranched alkanes of at least 4 members (excludes halogenated alkanes) is 3. The zero-order chi connectivity index (χ0) is 13.4. The molecule has 1 unspecified atom stereocenters. The lowest BCUT2D eigenvalue weighted by Crippen LogP contribution is -2.29. The van der Waals surface area contributed by atoms with Crippen LogP contribution in [0.2, 0.25) is 0 Å². The highest BCUT2D eigenvalue weighted by Gasteiger charge is 2.28. The molecule has 1 atom stereocenters. The maximum absolute atomic E-state index is 12.9. The Balaban J connectivity index is 2.82. The number of carbonyl (C=O) groups is 1. The minimum absolute atomic E-state index is 0.325. The molecule has 0 saturated carbocycles. The van der Waals surface area contributed by atoms with Crippen LogP contribution in [0.4, 0.5) is 4.39 Å². The van der Waals surface area contributed by atoms with Crippen LogP contribution in [0.15, 0.2) is 24.3 Å². The van der Waals surface area contributed by atoms with Gasteiger partial charge in [-0.05, 0) is 24.1 Å². The van der Waals surface area contributed by atoms with E-state index in [1.54, 1.807) is 12.1 Å². The molecule has 0 aliphatic heterocycles. The summed E-state index contributed by atoms with van der Waals surface area (Å²) < 4.78 is 12.9. The molecule has 3 heteroatoms. The van der Waals surface area contributed by atoms with Crippen LogP contribution in [0.1, 0.15) is 44.6 Å². The topological polar surface area (TPSA) is 40.9 Å². The number of hydrogen-bond acceptors (Lipinski definition) is 2. The average molecular weight is 249 g/mol. The minimum Gasteiger partial charge on any atom is -0.312 e. The summed E-state index contributed by atoms with van der Waals surface area (Å²) in [6, 6.07) is 5.86. The van der Waals surface area contributed by atoms with Crippen LogP contribution >= 0.6 is 0 Å². The van der Waals surface area contributed by atoms with Crippen molar-refractivity contribution in [2.24, 2.45) is 0 Å². The van der Waals surface area contributed by atoms with Crippen LogP contribution in [0, 0.1) is 11.2 Å². The van der Waals surface area contributed by atoms with Gasteiger partial charge in [-0.3, -0.25) is 0 Å². The maximum atomic E-state index is 12.9. The van der Waals surface area contributed by atoms with E-state index in [1.165, 1.54) is 18.3 Å². The Morgan fingerprint density at radius 2 is 1.89 bits per heavy atom. The number of halogens is 1. The van der Waals surface area contributed by atoms with Crippen LogP contribution in [-0.4, -0.2) is 12.5 Å². The number of nitrogens with one attached hydrogen (secondary N) is 1. The van der Waals surface area contributed by atoms with Crippen LogP contribution < -0.4 is 0 Å². The van der Waals surface area contributed by atoms with E-state index >= 15 is 0 Å². The summed E-state index contributed by atoms with van der Waals surface area (Å²) in [6.45, 7) is 2.13. The number of rotatable bonds is 8. The van der Waals surface area contributed by atoms with Crippen LogP contribution in [0.5, 0.6) is 0 Å². The molecule has 0 aliphatic carbocycles. The molecule has 1 aromatic carbocycles. The smallest absolute Gasteiger partial charge is 0.135 e. The summed E-state index contributed by atoms with van der Waals surface area (Å²) >= 11 is 0. The summed E-state index contributed by atoms with van der Waals surface area (Å²) in [5.74, 6) is -0.325. The van der Waals surface area contributed by atoms with Crippen LogP contribution in [0.3, 0.4) is 0 Å². The fourth-order valence-electron chi connectivity index (χ4n) is 2.07. The third-order valence-corrected chi connectivity index (χ3v) is 3.29. The molecule has 0 aromatic heterocycles. The Labute approximate surface area is 108 Å². The number of carbonyl (C=O) groups excluding carboxylic acids is 1. The number of hydrogen-bond donors (Lipinski definition) is 1. The fourth-order valence-corrected chi connectivity index (χ4v) is 2.07. The summed E-state index contributed by atoms with van der Waals surface area (Å²) in [5.41, 5.74) is -0.188. The van der Waals surface area contributed by atoms with Gasteiger partial charge in [0, 0.05) is 6.21 Å². The molecule has 0 aliphatic rings. The molecular formula is C15H20FNO. The number of aldehydes is 1. The molecule has 0 radical (unpaired) electrons. The first-order valence-corrected chi connectivity index (χ1v) is 6.42. The Bertz CT molecular complexity index is 378. The predicted octanol–water partition coefficient (Wildman–Crippen LogP) is 3.88. The van der Waals surface area contributed by atoms with Gasteiger partial charge in [-0.1, -0.05) is 44.7 Å². The van der Waals surface area contributed by atoms with E-state index < -0.39 is 5.41 Å². The van der Waals surface area contributed by atoms with Crippen molar-refractivity contribution >= 4 is 12.5 Å². The summed E-state index contributed by atoms with van der Waals surface area (Å²) in [4.78, 5) is 11.4.